The van der Waals surface area contributed by atoms with E-state index in [1.54, 1.807) is 22.8 Å². The van der Waals surface area contributed by atoms with E-state index in [0.29, 0.717) is 35.6 Å². The number of methoxy groups -OCH3 is 1. The average molecular weight is 469 g/mol. The van der Waals surface area contributed by atoms with Crippen molar-refractivity contribution in [1.29, 1.82) is 0 Å². The van der Waals surface area contributed by atoms with Crippen LogP contribution in [0.5, 0.6) is 0 Å². The van der Waals surface area contributed by atoms with Gasteiger partial charge < -0.3 is 14.0 Å². The fraction of sp³-hybridized carbons (Fsp3) is 0.300. The molecule has 0 amide bonds. The second-order valence-corrected chi connectivity index (χ2v) is 7.59. The first-order chi connectivity index (χ1) is 13.9. The number of carbonyl (C=O) groups is 1. The maximum atomic E-state index is 14.4. The molecule has 0 radical (unpaired) electrons. The molecule has 0 spiro atoms. The summed E-state index contributed by atoms with van der Waals surface area (Å²) in [4.78, 5) is 16.4. The van der Waals surface area contributed by atoms with Crippen LogP contribution in [0.4, 0.5) is 13.2 Å². The summed E-state index contributed by atoms with van der Waals surface area (Å²) in [5.74, 6) is -3.44. The Morgan fingerprint density at radius 1 is 1.31 bits per heavy atom. The van der Waals surface area contributed by atoms with Crippen molar-refractivity contribution >= 4 is 32.9 Å². The summed E-state index contributed by atoms with van der Waals surface area (Å²) in [7, 11) is 1.28. The lowest BCUT2D eigenvalue weighted by molar-refractivity contribution is -0.0589. The standard InChI is InChI=1S/C20H16BrF3N2O3/c1-28-20(27)10-2-3-15-16(6-10)26(9-11-4-5-29-11)17(25-15)7-12-14(22)8-13(21)19(24)18(12)23/h2-3,6,8,11H,4-5,7,9H2,1H3/t11-/m0/s1. The van der Waals surface area contributed by atoms with E-state index in [1.165, 1.54) is 7.11 Å². The lowest BCUT2D eigenvalue weighted by atomic mass is 10.1. The van der Waals surface area contributed by atoms with E-state index < -0.39 is 29.0 Å². The van der Waals surface area contributed by atoms with Crippen molar-refractivity contribution in [2.45, 2.75) is 25.5 Å². The average Bonchev–Trinajstić information content (AvgIpc) is 3.02. The van der Waals surface area contributed by atoms with Gasteiger partial charge in [-0.1, -0.05) is 0 Å². The molecule has 9 heteroatoms. The van der Waals surface area contributed by atoms with Crippen LogP contribution in [0.3, 0.4) is 0 Å². The molecule has 2 heterocycles. The predicted molar refractivity (Wildman–Crippen MR) is 102 cm³/mol. The Morgan fingerprint density at radius 2 is 2.07 bits per heavy atom. The summed E-state index contributed by atoms with van der Waals surface area (Å²) in [6, 6.07) is 5.71. The predicted octanol–water partition coefficient (Wildman–Crippen LogP) is 4.38. The number of nitrogens with zero attached hydrogens (tertiary/aromatic N) is 2. The largest absolute Gasteiger partial charge is 0.465 e. The fourth-order valence-corrected chi connectivity index (χ4v) is 3.69. The van der Waals surface area contributed by atoms with E-state index >= 15 is 0 Å². The topological polar surface area (TPSA) is 53.3 Å². The van der Waals surface area contributed by atoms with Crippen molar-refractivity contribution in [3.05, 3.63) is 63.1 Å². The SMILES string of the molecule is COC(=O)c1ccc2nc(Cc3c(F)cc(Br)c(F)c3F)n(C[C@@H]3CCO3)c2c1. The zero-order valence-corrected chi connectivity index (χ0v) is 16.9. The van der Waals surface area contributed by atoms with Gasteiger partial charge in [-0.25, -0.2) is 22.9 Å². The number of fused-ring (bicyclic) bond motifs is 1. The van der Waals surface area contributed by atoms with Crippen molar-refractivity contribution in [2.75, 3.05) is 13.7 Å². The molecule has 29 heavy (non-hydrogen) atoms. The first-order valence-electron chi connectivity index (χ1n) is 8.90. The van der Waals surface area contributed by atoms with E-state index in [9.17, 15) is 18.0 Å². The lowest BCUT2D eigenvalue weighted by Gasteiger charge is -2.27. The van der Waals surface area contributed by atoms with Crippen molar-refractivity contribution in [3.8, 4) is 0 Å². The fourth-order valence-electron chi connectivity index (χ4n) is 3.31. The number of ether oxygens (including phenoxy) is 2. The van der Waals surface area contributed by atoms with Crippen molar-refractivity contribution in [2.24, 2.45) is 0 Å². The maximum Gasteiger partial charge on any atom is 0.337 e. The van der Waals surface area contributed by atoms with Crippen LogP contribution in [0.25, 0.3) is 11.0 Å². The minimum atomic E-state index is -1.26. The summed E-state index contributed by atoms with van der Waals surface area (Å²) in [5, 5.41) is 0. The number of esters is 1. The monoisotopic (exact) mass is 468 g/mol. The molecule has 1 aromatic heterocycles. The van der Waals surface area contributed by atoms with Crippen LogP contribution in [-0.4, -0.2) is 35.3 Å². The molecular formula is C20H16BrF3N2O3. The Morgan fingerprint density at radius 3 is 2.72 bits per heavy atom. The van der Waals surface area contributed by atoms with Gasteiger partial charge in [0.2, 0.25) is 0 Å². The molecule has 3 aromatic rings. The summed E-state index contributed by atoms with van der Waals surface area (Å²) in [6.07, 6.45) is 0.520. The molecule has 1 fully saturated rings. The maximum absolute atomic E-state index is 14.4. The zero-order valence-electron chi connectivity index (χ0n) is 15.3. The van der Waals surface area contributed by atoms with Crippen molar-refractivity contribution < 1.29 is 27.4 Å². The third-order valence-electron chi connectivity index (χ3n) is 4.97. The van der Waals surface area contributed by atoms with Crippen molar-refractivity contribution in [3.63, 3.8) is 0 Å². The Hall–Kier alpha value is -2.39. The van der Waals surface area contributed by atoms with E-state index in [4.69, 9.17) is 9.47 Å². The molecule has 1 atom stereocenters. The number of hydrogen-bond donors (Lipinski definition) is 0. The Kier molecular flexibility index (Phi) is 5.35. The molecule has 1 aliphatic rings. The minimum Gasteiger partial charge on any atom is -0.465 e. The molecule has 2 aromatic carbocycles. The Bertz CT molecular complexity index is 1110. The van der Waals surface area contributed by atoms with Gasteiger partial charge in [-0.15, -0.1) is 0 Å². The van der Waals surface area contributed by atoms with Gasteiger partial charge in [-0.05, 0) is 46.6 Å². The second-order valence-electron chi connectivity index (χ2n) is 6.74. The highest BCUT2D eigenvalue weighted by Crippen LogP contribution is 2.28. The molecule has 0 unspecified atom stereocenters. The molecule has 1 aliphatic heterocycles. The number of aromatic nitrogens is 2. The lowest BCUT2D eigenvalue weighted by Crippen LogP contribution is -2.31. The summed E-state index contributed by atoms with van der Waals surface area (Å²) >= 11 is 2.80. The first kappa shape index (κ1) is 19.9. The number of carbonyl (C=O) groups excluding carboxylic acids is 1. The molecule has 0 bridgehead atoms. The van der Waals surface area contributed by atoms with Gasteiger partial charge >= 0.3 is 5.97 Å². The highest BCUT2D eigenvalue weighted by molar-refractivity contribution is 9.10. The Labute approximate surface area is 172 Å². The molecular weight excluding hydrogens is 453 g/mol. The van der Waals surface area contributed by atoms with Crippen LogP contribution in [0.1, 0.15) is 28.2 Å². The van der Waals surface area contributed by atoms with E-state index in [1.807, 2.05) is 0 Å². The first-order valence-corrected chi connectivity index (χ1v) is 9.69. The van der Waals surface area contributed by atoms with Crippen LogP contribution < -0.4 is 0 Å². The third kappa shape index (κ3) is 3.64. The van der Waals surface area contributed by atoms with Gasteiger partial charge in [-0.2, -0.15) is 0 Å². The van der Waals surface area contributed by atoms with E-state index in [-0.39, 0.29) is 17.0 Å². The van der Waals surface area contributed by atoms with Crippen LogP contribution in [0, 0.1) is 17.5 Å². The molecule has 0 aliphatic carbocycles. The smallest absolute Gasteiger partial charge is 0.337 e. The summed E-state index contributed by atoms with van der Waals surface area (Å²) in [6.45, 7) is 1.04. The quantitative estimate of drug-likeness (QED) is 0.316. The molecule has 5 nitrogen and oxygen atoms in total. The molecule has 4 rings (SSSR count). The molecule has 0 N–H and O–H groups in total. The van der Waals surface area contributed by atoms with Gasteiger partial charge in [0.15, 0.2) is 11.6 Å². The number of hydrogen-bond acceptors (Lipinski definition) is 4. The van der Waals surface area contributed by atoms with Crippen LogP contribution in [-0.2, 0) is 22.4 Å². The van der Waals surface area contributed by atoms with Gasteiger partial charge in [0.1, 0.15) is 11.6 Å². The molecule has 0 saturated carbocycles. The van der Waals surface area contributed by atoms with Gasteiger partial charge in [0, 0.05) is 18.6 Å². The third-order valence-corrected chi connectivity index (χ3v) is 5.55. The number of rotatable bonds is 5. The van der Waals surface area contributed by atoms with E-state index in [0.717, 1.165) is 12.5 Å². The summed E-state index contributed by atoms with van der Waals surface area (Å²) in [5.41, 5.74) is 1.07. The number of benzene rings is 2. The van der Waals surface area contributed by atoms with Crippen LogP contribution in [0.15, 0.2) is 28.7 Å². The van der Waals surface area contributed by atoms with Crippen LogP contribution >= 0.6 is 15.9 Å². The molecule has 1 saturated heterocycles. The van der Waals surface area contributed by atoms with Gasteiger partial charge in [0.05, 0.1) is 40.8 Å². The number of halogens is 4. The summed E-state index contributed by atoms with van der Waals surface area (Å²) < 4.78 is 54.4. The normalized spacial score (nSPS) is 16.1. The van der Waals surface area contributed by atoms with Crippen LogP contribution in [0.2, 0.25) is 0 Å². The highest BCUT2D eigenvalue weighted by atomic mass is 79.9. The Balaban J connectivity index is 1.82. The molecule has 152 valence electrons. The van der Waals surface area contributed by atoms with Gasteiger partial charge in [-0.3, -0.25) is 0 Å². The second kappa shape index (κ2) is 7.79. The van der Waals surface area contributed by atoms with Crippen molar-refractivity contribution in [1.82, 2.24) is 9.55 Å². The minimum absolute atomic E-state index is 0.0655. The van der Waals surface area contributed by atoms with Gasteiger partial charge in [0.25, 0.3) is 0 Å². The zero-order chi connectivity index (χ0) is 20.7. The number of imidazole rings is 1. The highest BCUT2D eigenvalue weighted by Gasteiger charge is 2.25. The van der Waals surface area contributed by atoms with E-state index in [2.05, 4.69) is 20.9 Å².